The average molecular weight is 306 g/mol. The van der Waals surface area contributed by atoms with Crippen LogP contribution in [0.25, 0.3) is 0 Å². The first-order valence-corrected chi connectivity index (χ1v) is 7.03. The minimum atomic E-state index is -0.466. The molecule has 0 aromatic heterocycles. The van der Waals surface area contributed by atoms with Gasteiger partial charge in [0.05, 0.1) is 10.6 Å². The molecule has 1 N–H and O–H groups in total. The van der Waals surface area contributed by atoms with Crippen LogP contribution in [-0.4, -0.2) is 5.91 Å². The number of amides is 1. The molecule has 0 unspecified atom stereocenters. The van der Waals surface area contributed by atoms with Crippen molar-refractivity contribution in [1.82, 2.24) is 0 Å². The smallest absolute Gasteiger partial charge is 0.257 e. The topological polar surface area (TPSA) is 29.1 Å². The predicted molar refractivity (Wildman–Crippen MR) is 84.5 cm³/mol. The minimum absolute atomic E-state index is 0.0979. The van der Waals surface area contributed by atoms with Crippen molar-refractivity contribution >= 4 is 23.2 Å². The van der Waals surface area contributed by atoms with E-state index in [4.69, 9.17) is 11.6 Å². The molecule has 0 saturated heterocycles. The van der Waals surface area contributed by atoms with Crippen molar-refractivity contribution in [1.29, 1.82) is 0 Å². The van der Waals surface area contributed by atoms with Gasteiger partial charge in [-0.3, -0.25) is 4.79 Å². The maximum atomic E-state index is 13.0. The van der Waals surface area contributed by atoms with E-state index < -0.39 is 5.82 Å². The van der Waals surface area contributed by atoms with Gasteiger partial charge < -0.3 is 5.32 Å². The first-order chi connectivity index (χ1) is 9.79. The van der Waals surface area contributed by atoms with Crippen molar-refractivity contribution in [3.05, 3.63) is 64.4 Å². The van der Waals surface area contributed by atoms with Crippen LogP contribution in [0.15, 0.2) is 42.5 Å². The summed E-state index contributed by atoms with van der Waals surface area (Å²) in [5, 5.41) is 2.95. The van der Waals surface area contributed by atoms with Gasteiger partial charge in [0.15, 0.2) is 0 Å². The molecule has 2 nitrogen and oxygen atoms in total. The highest BCUT2D eigenvalue weighted by Crippen LogP contribution is 2.30. The van der Waals surface area contributed by atoms with Crippen molar-refractivity contribution in [3.8, 4) is 0 Å². The van der Waals surface area contributed by atoms with Gasteiger partial charge in [-0.15, -0.1) is 0 Å². The number of rotatable bonds is 2. The van der Waals surface area contributed by atoms with E-state index >= 15 is 0 Å². The van der Waals surface area contributed by atoms with E-state index in [0.29, 0.717) is 0 Å². The van der Waals surface area contributed by atoms with Crippen molar-refractivity contribution in [2.24, 2.45) is 0 Å². The molecule has 1 amide bonds. The van der Waals surface area contributed by atoms with E-state index in [1.54, 1.807) is 0 Å². The Morgan fingerprint density at radius 1 is 1.14 bits per heavy atom. The highest BCUT2D eigenvalue weighted by Gasteiger charge is 2.19. The van der Waals surface area contributed by atoms with Crippen LogP contribution >= 0.6 is 11.6 Å². The summed E-state index contributed by atoms with van der Waals surface area (Å²) in [6.45, 7) is 6.22. The Morgan fingerprint density at radius 3 is 2.43 bits per heavy atom. The molecule has 110 valence electrons. The molecule has 0 bridgehead atoms. The predicted octanol–water partition coefficient (Wildman–Crippen LogP) is 5.03. The van der Waals surface area contributed by atoms with Gasteiger partial charge in [-0.25, -0.2) is 4.39 Å². The molecule has 0 heterocycles. The highest BCUT2D eigenvalue weighted by molar-refractivity contribution is 6.34. The molecule has 2 rings (SSSR count). The summed E-state index contributed by atoms with van der Waals surface area (Å²) in [6, 6.07) is 11.3. The lowest BCUT2D eigenvalue weighted by Gasteiger charge is -2.23. The number of halogens is 2. The number of carbonyl (C=O) groups excluding carboxylic acids is 1. The Balaban J connectivity index is 2.32. The van der Waals surface area contributed by atoms with Crippen LogP contribution < -0.4 is 5.32 Å². The number of benzene rings is 2. The second kappa shape index (κ2) is 5.86. The number of carbonyl (C=O) groups is 1. The first-order valence-electron chi connectivity index (χ1n) is 6.65. The fourth-order valence-electron chi connectivity index (χ4n) is 2.11. The SMILES string of the molecule is CC(C)(C)c1ccccc1NC(=O)c1ccc(F)cc1Cl. The van der Waals surface area contributed by atoms with E-state index in [1.807, 2.05) is 24.3 Å². The molecule has 0 atom stereocenters. The van der Waals surface area contributed by atoms with Crippen molar-refractivity contribution < 1.29 is 9.18 Å². The summed E-state index contributed by atoms with van der Waals surface area (Å²) >= 11 is 5.92. The van der Waals surface area contributed by atoms with E-state index in [0.717, 1.165) is 17.3 Å². The Kier molecular flexibility index (Phi) is 4.33. The van der Waals surface area contributed by atoms with Crippen molar-refractivity contribution in [2.45, 2.75) is 26.2 Å². The molecule has 0 spiro atoms. The molecule has 2 aromatic rings. The molecule has 21 heavy (non-hydrogen) atoms. The number of hydrogen-bond donors (Lipinski definition) is 1. The van der Waals surface area contributed by atoms with Crippen LogP contribution in [0.1, 0.15) is 36.7 Å². The molecule has 2 aromatic carbocycles. The van der Waals surface area contributed by atoms with Gasteiger partial charge in [0.25, 0.3) is 5.91 Å². The fourth-order valence-corrected chi connectivity index (χ4v) is 2.36. The fraction of sp³-hybridized carbons (Fsp3) is 0.235. The van der Waals surface area contributed by atoms with Crippen LogP contribution in [0.4, 0.5) is 10.1 Å². The highest BCUT2D eigenvalue weighted by atomic mass is 35.5. The lowest BCUT2D eigenvalue weighted by Crippen LogP contribution is -2.19. The zero-order valence-electron chi connectivity index (χ0n) is 12.2. The second-order valence-electron chi connectivity index (χ2n) is 5.87. The van der Waals surface area contributed by atoms with Crippen LogP contribution in [0.3, 0.4) is 0 Å². The lowest BCUT2D eigenvalue weighted by atomic mass is 9.86. The van der Waals surface area contributed by atoms with E-state index in [2.05, 4.69) is 26.1 Å². The minimum Gasteiger partial charge on any atom is -0.322 e. The second-order valence-corrected chi connectivity index (χ2v) is 6.28. The van der Waals surface area contributed by atoms with Crippen molar-refractivity contribution in [3.63, 3.8) is 0 Å². The molecular weight excluding hydrogens is 289 g/mol. The lowest BCUT2D eigenvalue weighted by molar-refractivity contribution is 0.102. The van der Waals surface area contributed by atoms with Gasteiger partial charge in [0.2, 0.25) is 0 Å². The summed E-state index contributed by atoms with van der Waals surface area (Å²) < 4.78 is 13.0. The Hall–Kier alpha value is -1.87. The third-order valence-corrected chi connectivity index (χ3v) is 3.47. The van der Waals surface area contributed by atoms with E-state index in [9.17, 15) is 9.18 Å². The van der Waals surface area contributed by atoms with Crippen LogP contribution in [0.5, 0.6) is 0 Å². The van der Waals surface area contributed by atoms with E-state index in [-0.39, 0.29) is 21.9 Å². The number of anilines is 1. The van der Waals surface area contributed by atoms with Crippen molar-refractivity contribution in [2.75, 3.05) is 5.32 Å². The largest absolute Gasteiger partial charge is 0.322 e. The van der Waals surface area contributed by atoms with Gasteiger partial charge >= 0.3 is 0 Å². The van der Waals surface area contributed by atoms with Gasteiger partial charge in [-0.2, -0.15) is 0 Å². The molecule has 0 fully saturated rings. The normalized spacial score (nSPS) is 11.3. The van der Waals surface area contributed by atoms with E-state index in [1.165, 1.54) is 12.1 Å². The third kappa shape index (κ3) is 3.61. The summed E-state index contributed by atoms with van der Waals surface area (Å²) in [5.41, 5.74) is 1.91. The Bertz CT molecular complexity index is 677. The monoisotopic (exact) mass is 305 g/mol. The third-order valence-electron chi connectivity index (χ3n) is 3.16. The van der Waals surface area contributed by atoms with Gasteiger partial charge in [0, 0.05) is 5.69 Å². The summed E-state index contributed by atoms with van der Waals surface area (Å²) in [4.78, 5) is 12.3. The molecule has 0 radical (unpaired) electrons. The van der Waals surface area contributed by atoms with Crippen LogP contribution in [-0.2, 0) is 5.41 Å². The van der Waals surface area contributed by atoms with Crippen LogP contribution in [0, 0.1) is 5.82 Å². The maximum absolute atomic E-state index is 13.0. The standard InChI is InChI=1S/C17H17ClFNO/c1-17(2,3)13-6-4-5-7-15(13)20-16(21)12-9-8-11(19)10-14(12)18/h4-10H,1-3H3,(H,20,21). The quantitative estimate of drug-likeness (QED) is 0.828. The molecule has 0 aliphatic heterocycles. The molecule has 0 saturated carbocycles. The number of para-hydroxylation sites is 1. The zero-order valence-corrected chi connectivity index (χ0v) is 13.0. The molecule has 0 aliphatic rings. The zero-order chi connectivity index (χ0) is 15.6. The van der Waals surface area contributed by atoms with Gasteiger partial charge in [0.1, 0.15) is 5.82 Å². The first kappa shape index (κ1) is 15.5. The summed E-state index contributed by atoms with van der Waals surface area (Å²) in [7, 11) is 0. The van der Waals surface area contributed by atoms with Gasteiger partial charge in [-0.05, 0) is 35.2 Å². The number of hydrogen-bond acceptors (Lipinski definition) is 1. The molecule has 4 heteroatoms. The Labute approximate surface area is 128 Å². The average Bonchev–Trinajstić information content (AvgIpc) is 2.37. The summed E-state index contributed by atoms with van der Waals surface area (Å²) in [5.74, 6) is -0.816. The van der Waals surface area contributed by atoms with Crippen LogP contribution in [0.2, 0.25) is 5.02 Å². The summed E-state index contributed by atoms with van der Waals surface area (Å²) in [6.07, 6.45) is 0. The molecule has 0 aliphatic carbocycles. The van der Waals surface area contributed by atoms with Gasteiger partial charge in [-0.1, -0.05) is 50.6 Å². The Morgan fingerprint density at radius 2 is 1.81 bits per heavy atom. The number of nitrogens with one attached hydrogen (secondary N) is 1. The maximum Gasteiger partial charge on any atom is 0.257 e. The molecular formula is C17H17ClFNO.